The van der Waals surface area contributed by atoms with Crippen LogP contribution in [0, 0.1) is 12.8 Å². The highest BCUT2D eigenvalue weighted by molar-refractivity contribution is 5.37. The van der Waals surface area contributed by atoms with Crippen molar-refractivity contribution in [3.63, 3.8) is 0 Å². The van der Waals surface area contributed by atoms with Crippen molar-refractivity contribution in [3.8, 4) is 5.75 Å². The van der Waals surface area contributed by atoms with Gasteiger partial charge in [-0.25, -0.2) is 0 Å². The molecule has 1 aromatic rings. The number of hydrogen-bond acceptors (Lipinski definition) is 2. The third-order valence-corrected chi connectivity index (χ3v) is 4.77. The van der Waals surface area contributed by atoms with E-state index in [0.717, 1.165) is 17.0 Å². The Bertz CT molecular complexity index is 421. The van der Waals surface area contributed by atoms with Crippen molar-refractivity contribution in [2.75, 3.05) is 0 Å². The summed E-state index contributed by atoms with van der Waals surface area (Å²) in [5.41, 5.74) is 2.12. The first-order valence-electron chi connectivity index (χ1n) is 8.13. The van der Waals surface area contributed by atoms with Gasteiger partial charge in [0.2, 0.25) is 0 Å². The second-order valence-corrected chi connectivity index (χ2v) is 6.49. The van der Waals surface area contributed by atoms with Gasteiger partial charge in [-0.1, -0.05) is 37.8 Å². The molecule has 1 unspecified atom stereocenters. The first kappa shape index (κ1) is 15.4. The molecule has 2 atom stereocenters. The molecule has 1 fully saturated rings. The van der Waals surface area contributed by atoms with Crippen molar-refractivity contribution in [2.45, 2.75) is 71.4 Å². The molecule has 0 aromatic heterocycles. The molecule has 112 valence electrons. The zero-order chi connectivity index (χ0) is 14.5. The summed E-state index contributed by atoms with van der Waals surface area (Å²) in [6.07, 6.45) is 8.25. The summed E-state index contributed by atoms with van der Waals surface area (Å²) < 4.78 is 0. The smallest absolute Gasteiger partial charge is 0.120 e. The van der Waals surface area contributed by atoms with Gasteiger partial charge in [0.05, 0.1) is 0 Å². The van der Waals surface area contributed by atoms with E-state index in [-0.39, 0.29) is 6.04 Å². The number of aryl methyl sites for hydroxylation is 1. The fourth-order valence-corrected chi connectivity index (χ4v) is 3.45. The number of rotatable bonds is 4. The van der Waals surface area contributed by atoms with E-state index in [0.29, 0.717) is 11.8 Å². The van der Waals surface area contributed by atoms with Gasteiger partial charge in [-0.2, -0.15) is 0 Å². The molecule has 0 spiro atoms. The van der Waals surface area contributed by atoms with Gasteiger partial charge in [-0.05, 0) is 51.2 Å². The minimum atomic E-state index is 0.203. The van der Waals surface area contributed by atoms with Gasteiger partial charge < -0.3 is 10.4 Å². The van der Waals surface area contributed by atoms with Gasteiger partial charge in [-0.15, -0.1) is 0 Å². The van der Waals surface area contributed by atoms with Crippen LogP contribution in [-0.2, 0) is 0 Å². The number of hydrogen-bond donors (Lipinski definition) is 2. The molecule has 1 aliphatic carbocycles. The fourth-order valence-electron chi connectivity index (χ4n) is 3.45. The zero-order valence-electron chi connectivity index (χ0n) is 13.2. The second-order valence-electron chi connectivity index (χ2n) is 6.49. The summed E-state index contributed by atoms with van der Waals surface area (Å²) in [4.78, 5) is 0. The van der Waals surface area contributed by atoms with Crippen molar-refractivity contribution >= 4 is 0 Å². The first-order chi connectivity index (χ1) is 9.58. The van der Waals surface area contributed by atoms with E-state index in [1.54, 1.807) is 0 Å². The highest BCUT2D eigenvalue weighted by atomic mass is 16.3. The minimum absolute atomic E-state index is 0.203. The van der Waals surface area contributed by atoms with Crippen molar-refractivity contribution in [1.29, 1.82) is 0 Å². The average molecular weight is 275 g/mol. The van der Waals surface area contributed by atoms with Crippen LogP contribution < -0.4 is 5.32 Å². The van der Waals surface area contributed by atoms with Gasteiger partial charge in [-0.3, -0.25) is 0 Å². The number of benzene rings is 1. The molecule has 2 nitrogen and oxygen atoms in total. The molecule has 0 heterocycles. The molecule has 2 heteroatoms. The number of aromatic hydroxyl groups is 1. The van der Waals surface area contributed by atoms with Gasteiger partial charge in [0, 0.05) is 17.6 Å². The van der Waals surface area contributed by atoms with Crippen LogP contribution in [-0.4, -0.2) is 11.1 Å². The van der Waals surface area contributed by atoms with Crippen molar-refractivity contribution in [1.82, 2.24) is 5.32 Å². The van der Waals surface area contributed by atoms with E-state index >= 15 is 0 Å². The lowest BCUT2D eigenvalue weighted by molar-refractivity contribution is 0.313. The van der Waals surface area contributed by atoms with Crippen molar-refractivity contribution < 1.29 is 5.11 Å². The fraction of sp³-hybridized carbons (Fsp3) is 0.667. The Morgan fingerprint density at radius 3 is 2.35 bits per heavy atom. The molecule has 1 aromatic carbocycles. The lowest BCUT2D eigenvalue weighted by atomic mass is 9.92. The molecule has 20 heavy (non-hydrogen) atoms. The van der Waals surface area contributed by atoms with E-state index < -0.39 is 0 Å². The zero-order valence-corrected chi connectivity index (χ0v) is 13.2. The van der Waals surface area contributed by atoms with Crippen LogP contribution in [0.4, 0.5) is 0 Å². The molecule has 1 aliphatic rings. The van der Waals surface area contributed by atoms with Crippen LogP contribution in [0.2, 0.25) is 0 Å². The van der Waals surface area contributed by atoms with Crippen molar-refractivity contribution in [2.24, 2.45) is 5.92 Å². The third-order valence-electron chi connectivity index (χ3n) is 4.77. The maximum Gasteiger partial charge on any atom is 0.120 e. The van der Waals surface area contributed by atoms with Crippen LogP contribution in [0.25, 0.3) is 0 Å². The topological polar surface area (TPSA) is 32.3 Å². The summed E-state index contributed by atoms with van der Waals surface area (Å²) >= 11 is 0. The number of phenolic OH excluding ortho intramolecular Hbond substituents is 1. The minimum Gasteiger partial charge on any atom is -0.508 e. The molecular formula is C18H29NO. The first-order valence-corrected chi connectivity index (χ1v) is 8.13. The Morgan fingerprint density at radius 1 is 1.10 bits per heavy atom. The van der Waals surface area contributed by atoms with E-state index in [9.17, 15) is 5.11 Å². The number of phenols is 1. The van der Waals surface area contributed by atoms with E-state index in [4.69, 9.17) is 0 Å². The molecule has 2 N–H and O–H groups in total. The maximum absolute atomic E-state index is 10.1. The van der Waals surface area contributed by atoms with Crippen LogP contribution in [0.1, 0.15) is 69.5 Å². The molecule has 0 aliphatic heterocycles. The number of nitrogens with one attached hydrogen (secondary N) is 1. The molecule has 0 radical (unpaired) electrons. The maximum atomic E-state index is 10.1. The van der Waals surface area contributed by atoms with Gasteiger partial charge in [0.25, 0.3) is 0 Å². The van der Waals surface area contributed by atoms with E-state index in [1.165, 1.54) is 38.5 Å². The van der Waals surface area contributed by atoms with Crippen molar-refractivity contribution in [3.05, 3.63) is 29.3 Å². The molecule has 0 saturated heterocycles. The van der Waals surface area contributed by atoms with Crippen LogP contribution in [0.3, 0.4) is 0 Å². The molecule has 2 rings (SSSR count). The SMILES string of the molecule is Cc1ccc(C(C)N[C@@H](C)C2CCCCCC2)c(O)c1. The molecule has 0 amide bonds. The summed E-state index contributed by atoms with van der Waals surface area (Å²) in [6, 6.07) is 6.69. The quantitative estimate of drug-likeness (QED) is 0.780. The van der Waals surface area contributed by atoms with Gasteiger partial charge >= 0.3 is 0 Å². The largest absolute Gasteiger partial charge is 0.508 e. The van der Waals surface area contributed by atoms with E-state index in [1.807, 2.05) is 19.1 Å². The summed E-state index contributed by atoms with van der Waals surface area (Å²) in [5, 5.41) is 13.8. The van der Waals surface area contributed by atoms with Gasteiger partial charge in [0.15, 0.2) is 0 Å². The van der Waals surface area contributed by atoms with Gasteiger partial charge in [0.1, 0.15) is 5.75 Å². The molecule has 1 saturated carbocycles. The predicted octanol–water partition coefficient (Wildman–Crippen LogP) is 4.71. The Balaban J connectivity index is 1.97. The second kappa shape index (κ2) is 7.12. The Hall–Kier alpha value is -1.02. The predicted molar refractivity (Wildman–Crippen MR) is 85.0 cm³/mol. The average Bonchev–Trinajstić information content (AvgIpc) is 2.67. The van der Waals surface area contributed by atoms with E-state index in [2.05, 4.69) is 25.2 Å². The third kappa shape index (κ3) is 3.99. The van der Waals surface area contributed by atoms with Crippen LogP contribution in [0.5, 0.6) is 5.75 Å². The molecular weight excluding hydrogens is 246 g/mol. The van der Waals surface area contributed by atoms with Crippen LogP contribution in [0.15, 0.2) is 18.2 Å². The molecule has 0 bridgehead atoms. The summed E-state index contributed by atoms with van der Waals surface area (Å²) in [7, 11) is 0. The standard InChI is InChI=1S/C18H29NO/c1-13-10-11-17(18(20)12-13)15(3)19-14(2)16-8-6-4-5-7-9-16/h10-12,14-16,19-20H,4-9H2,1-3H3/t14-,15?/m0/s1. The lowest BCUT2D eigenvalue weighted by Crippen LogP contribution is -2.35. The summed E-state index contributed by atoms with van der Waals surface area (Å²) in [6.45, 7) is 6.46. The Kier molecular flexibility index (Phi) is 5.47. The Morgan fingerprint density at radius 2 is 1.75 bits per heavy atom. The monoisotopic (exact) mass is 275 g/mol. The lowest BCUT2D eigenvalue weighted by Gasteiger charge is -2.27. The normalized spacial score (nSPS) is 20.4. The highest BCUT2D eigenvalue weighted by Gasteiger charge is 2.21. The highest BCUT2D eigenvalue weighted by Crippen LogP contribution is 2.29. The van der Waals surface area contributed by atoms with Crippen LogP contribution >= 0.6 is 0 Å². The Labute approximate surface area is 123 Å². The summed E-state index contributed by atoms with van der Waals surface area (Å²) in [5.74, 6) is 1.20.